The third kappa shape index (κ3) is 3.36. The van der Waals surface area contributed by atoms with Gasteiger partial charge in [-0.2, -0.15) is 0 Å². The number of rotatable bonds is 2. The molecule has 2 aliphatic rings. The topological polar surface area (TPSA) is 49.8 Å². The highest BCUT2D eigenvalue weighted by atomic mass is 14.9. The Bertz CT molecular complexity index is 2310. The Labute approximate surface area is 243 Å². The second-order valence-corrected chi connectivity index (χ2v) is 11.0. The van der Waals surface area contributed by atoms with Gasteiger partial charge in [0, 0.05) is 46.6 Å². The summed E-state index contributed by atoms with van der Waals surface area (Å²) >= 11 is 0. The highest BCUT2D eigenvalue weighted by Crippen LogP contribution is 2.45. The quantitative estimate of drug-likeness (QED) is 0.215. The number of fused-ring (bicyclic) bond motifs is 8. The molecule has 5 aromatic carbocycles. The fourth-order valence-corrected chi connectivity index (χ4v) is 6.84. The van der Waals surface area contributed by atoms with Gasteiger partial charge in [-0.3, -0.25) is 4.98 Å². The minimum absolute atomic E-state index is 0.807. The van der Waals surface area contributed by atoms with E-state index in [1.54, 1.807) is 0 Å². The predicted molar refractivity (Wildman–Crippen MR) is 178 cm³/mol. The van der Waals surface area contributed by atoms with Crippen LogP contribution in [0.15, 0.2) is 109 Å². The molecule has 4 nitrogen and oxygen atoms in total. The molecule has 0 fully saturated rings. The summed E-state index contributed by atoms with van der Waals surface area (Å²) in [7, 11) is 0. The van der Waals surface area contributed by atoms with E-state index in [9.17, 15) is 0 Å². The van der Waals surface area contributed by atoms with Gasteiger partial charge in [-0.25, -0.2) is 4.98 Å². The number of nitrogens with one attached hydrogen (secondary N) is 2. The maximum atomic E-state index is 5.18. The van der Waals surface area contributed by atoms with Crippen molar-refractivity contribution in [2.45, 2.75) is 0 Å². The number of nitrogens with zero attached hydrogens (tertiary/aromatic N) is 2. The highest BCUT2D eigenvalue weighted by molar-refractivity contribution is 6.19. The van der Waals surface area contributed by atoms with Crippen molar-refractivity contribution in [2.24, 2.45) is 0 Å². The monoisotopic (exact) mass is 538 g/mol. The van der Waals surface area contributed by atoms with Crippen molar-refractivity contribution in [3.63, 3.8) is 0 Å². The van der Waals surface area contributed by atoms with Gasteiger partial charge >= 0.3 is 0 Å². The Morgan fingerprint density at radius 2 is 1.21 bits per heavy atom. The molecule has 0 aliphatic carbocycles. The first kappa shape index (κ1) is 23.2. The average molecular weight is 539 g/mol. The van der Waals surface area contributed by atoms with Gasteiger partial charge < -0.3 is 10.6 Å². The van der Waals surface area contributed by atoms with Gasteiger partial charge in [0.2, 0.25) is 0 Å². The highest BCUT2D eigenvalue weighted by Gasteiger charge is 2.21. The lowest BCUT2D eigenvalue weighted by Gasteiger charge is -2.21. The van der Waals surface area contributed by atoms with Crippen molar-refractivity contribution in [1.82, 2.24) is 9.97 Å². The van der Waals surface area contributed by atoms with Crippen molar-refractivity contribution >= 4 is 67.0 Å². The van der Waals surface area contributed by atoms with Crippen LogP contribution in [0.5, 0.6) is 0 Å². The van der Waals surface area contributed by atoms with Crippen LogP contribution in [0.2, 0.25) is 0 Å². The van der Waals surface area contributed by atoms with Crippen LogP contribution in [0.1, 0.15) is 11.1 Å². The zero-order valence-corrected chi connectivity index (χ0v) is 22.9. The fraction of sp³-hybridized carbons (Fsp3) is 0.0526. The van der Waals surface area contributed by atoms with E-state index in [1.807, 2.05) is 12.3 Å². The molecule has 2 aromatic heterocycles. The summed E-state index contributed by atoms with van der Waals surface area (Å²) in [6, 6.07) is 32.9. The summed E-state index contributed by atoms with van der Waals surface area (Å²) in [6.45, 7) is 1.63. The first-order chi connectivity index (χ1) is 20.8. The lowest BCUT2D eigenvalue weighted by atomic mass is 9.87. The number of para-hydroxylation sites is 1. The van der Waals surface area contributed by atoms with E-state index >= 15 is 0 Å². The van der Waals surface area contributed by atoms with E-state index < -0.39 is 0 Å². The van der Waals surface area contributed by atoms with Crippen LogP contribution in [0.25, 0.3) is 77.9 Å². The van der Waals surface area contributed by atoms with Gasteiger partial charge in [0.25, 0.3) is 0 Å². The maximum absolute atomic E-state index is 5.18. The maximum Gasteiger partial charge on any atom is 0.0953 e. The van der Waals surface area contributed by atoms with Crippen molar-refractivity contribution < 1.29 is 0 Å². The van der Waals surface area contributed by atoms with E-state index in [2.05, 4.69) is 120 Å². The van der Waals surface area contributed by atoms with Gasteiger partial charge in [0.1, 0.15) is 0 Å². The Kier molecular flexibility index (Phi) is 4.99. The van der Waals surface area contributed by atoms with E-state index in [1.165, 1.54) is 44.2 Å². The summed E-state index contributed by atoms with van der Waals surface area (Å²) in [6.07, 6.45) is 10.6. The summed E-state index contributed by atoms with van der Waals surface area (Å²) in [4.78, 5) is 10.00. The molecule has 4 heteroatoms. The van der Waals surface area contributed by atoms with Crippen LogP contribution >= 0.6 is 0 Å². The largest absolute Gasteiger partial charge is 0.379 e. The van der Waals surface area contributed by atoms with Gasteiger partial charge in [-0.15, -0.1) is 0 Å². The van der Waals surface area contributed by atoms with E-state index in [4.69, 9.17) is 9.97 Å². The third-order valence-electron chi connectivity index (χ3n) is 8.68. The molecule has 0 unspecified atom stereocenters. The summed E-state index contributed by atoms with van der Waals surface area (Å²) < 4.78 is 0. The second kappa shape index (κ2) is 9.02. The molecule has 198 valence electrons. The summed E-state index contributed by atoms with van der Waals surface area (Å²) in [5, 5.41) is 13.1. The number of anilines is 2. The number of hydrogen-bond donors (Lipinski definition) is 2. The predicted octanol–water partition coefficient (Wildman–Crippen LogP) is 9.30. The zero-order valence-electron chi connectivity index (χ0n) is 22.9. The number of benzene rings is 5. The Morgan fingerprint density at radius 1 is 0.524 bits per heavy atom. The molecule has 9 rings (SSSR count). The number of hydrogen-bond acceptors (Lipinski definition) is 4. The molecular weight excluding hydrogens is 512 g/mol. The molecule has 0 radical (unpaired) electrons. The van der Waals surface area contributed by atoms with Crippen molar-refractivity contribution in [3.8, 4) is 22.3 Å². The lowest BCUT2D eigenvalue weighted by molar-refractivity contribution is 1.30. The molecule has 0 bridgehead atoms. The van der Waals surface area contributed by atoms with Crippen molar-refractivity contribution in [1.29, 1.82) is 0 Å². The molecule has 0 saturated heterocycles. The minimum atomic E-state index is 0.807. The van der Waals surface area contributed by atoms with E-state index in [-0.39, 0.29) is 0 Å². The number of aromatic nitrogens is 2. The van der Waals surface area contributed by atoms with Crippen molar-refractivity contribution in [3.05, 3.63) is 120 Å². The molecule has 0 atom stereocenters. The van der Waals surface area contributed by atoms with Crippen LogP contribution in [0.3, 0.4) is 0 Å². The molecule has 42 heavy (non-hydrogen) atoms. The molecular formula is C38H26N4. The smallest absolute Gasteiger partial charge is 0.0953 e. The Hall–Kier alpha value is -5.48. The lowest BCUT2D eigenvalue weighted by Crippen LogP contribution is -2.06. The van der Waals surface area contributed by atoms with Gasteiger partial charge in [0.05, 0.1) is 27.9 Å². The molecule has 0 saturated carbocycles. The normalized spacial score (nSPS) is 13.7. The summed E-state index contributed by atoms with van der Waals surface area (Å²) in [5.41, 5.74) is 12.5. The minimum Gasteiger partial charge on any atom is -0.379 e. The van der Waals surface area contributed by atoms with E-state index in [0.717, 1.165) is 57.2 Å². The average Bonchev–Trinajstić information content (AvgIpc) is 3.06. The van der Waals surface area contributed by atoms with Gasteiger partial charge in [-0.05, 0) is 51.2 Å². The third-order valence-corrected chi connectivity index (χ3v) is 8.68. The van der Waals surface area contributed by atoms with E-state index in [0.29, 0.717) is 0 Å². The zero-order chi connectivity index (χ0) is 27.6. The van der Waals surface area contributed by atoms with Crippen LogP contribution < -0.4 is 10.6 Å². The fourth-order valence-electron chi connectivity index (χ4n) is 6.84. The molecule has 0 amide bonds. The van der Waals surface area contributed by atoms with Gasteiger partial charge in [0.15, 0.2) is 0 Å². The second-order valence-electron chi connectivity index (χ2n) is 11.0. The Morgan fingerprint density at radius 3 is 2.07 bits per heavy atom. The molecule has 0 spiro atoms. The van der Waals surface area contributed by atoms with Crippen LogP contribution in [-0.2, 0) is 0 Å². The van der Waals surface area contributed by atoms with Gasteiger partial charge in [-0.1, -0.05) is 97.1 Å². The SMILES string of the molecule is C1=Cc2cc(-c3ccc(-c4c5ccccc5nc5c6c(ccc45)C=CCN6)c4ccccc34)c3cccnc3c2NC1. The molecule has 7 aromatic rings. The standard InChI is InChI=1S/C38H26N4/c1-2-11-26-25(10-1)27(32-22-24-9-6-20-40-36(24)37-29(32)13-7-21-41-37)17-18-28(26)34-30-12-3-4-14-33(30)42-38-31(34)16-15-23-8-5-19-39-35(23)38/h1-18,21-22,39-40H,19-20H2. The Balaban J connectivity index is 1.37. The van der Waals surface area contributed by atoms with Crippen LogP contribution in [0, 0.1) is 0 Å². The first-order valence-electron chi connectivity index (χ1n) is 14.5. The van der Waals surface area contributed by atoms with Crippen LogP contribution in [-0.4, -0.2) is 23.1 Å². The van der Waals surface area contributed by atoms with Crippen LogP contribution in [0.4, 0.5) is 11.4 Å². The molecule has 2 aliphatic heterocycles. The number of pyridine rings is 2. The van der Waals surface area contributed by atoms with Crippen molar-refractivity contribution in [2.75, 3.05) is 23.7 Å². The summed E-state index contributed by atoms with van der Waals surface area (Å²) in [5.74, 6) is 0. The molecule has 4 heterocycles. The first-order valence-corrected chi connectivity index (χ1v) is 14.5. The molecule has 2 N–H and O–H groups in total.